The molecule has 0 amide bonds. The van der Waals surface area contributed by atoms with Crippen molar-refractivity contribution in [3.8, 4) is 5.75 Å². The molecule has 27 heavy (non-hydrogen) atoms. The summed E-state index contributed by atoms with van der Waals surface area (Å²) in [6.45, 7) is 16.8. The zero-order chi connectivity index (χ0) is 20.4. The maximum Gasteiger partial charge on any atom is 0.215 e. The van der Waals surface area contributed by atoms with Crippen LogP contribution in [0, 0.1) is 5.41 Å². The first kappa shape index (κ1) is 22.3. The monoisotopic (exact) mass is 393 g/mol. The van der Waals surface area contributed by atoms with Crippen LogP contribution in [0.1, 0.15) is 81.8 Å². The third-order valence-corrected chi connectivity index (χ3v) is 8.19. The lowest BCUT2D eigenvalue weighted by Gasteiger charge is -2.31. The second kappa shape index (κ2) is 9.00. The molecule has 0 aliphatic carbocycles. The second-order valence-electron chi connectivity index (χ2n) is 9.17. The summed E-state index contributed by atoms with van der Waals surface area (Å²) >= 11 is 0. The van der Waals surface area contributed by atoms with Crippen molar-refractivity contribution >= 4 is 16.7 Å². The third kappa shape index (κ3) is 5.08. The summed E-state index contributed by atoms with van der Waals surface area (Å²) in [5.41, 5.74) is 3.06. The predicted octanol–water partition coefficient (Wildman–Crippen LogP) is 5.19. The van der Waals surface area contributed by atoms with Gasteiger partial charge < -0.3 is 9.47 Å². The van der Waals surface area contributed by atoms with Gasteiger partial charge in [0.15, 0.2) is 5.25 Å². The number of hydrogen-bond acceptors (Lipinski definition) is 3. The van der Waals surface area contributed by atoms with Gasteiger partial charge in [-0.3, -0.25) is 4.79 Å². The highest BCUT2D eigenvalue weighted by molar-refractivity contribution is 7.98. The Morgan fingerprint density at radius 2 is 1.52 bits per heavy atom. The Kier molecular flexibility index (Phi) is 7.43. The van der Waals surface area contributed by atoms with Gasteiger partial charge in [-0.2, -0.15) is 0 Å². The summed E-state index contributed by atoms with van der Waals surface area (Å²) in [6.07, 6.45) is 0. The van der Waals surface area contributed by atoms with Crippen molar-refractivity contribution in [1.29, 1.82) is 0 Å². The highest BCUT2D eigenvalue weighted by Crippen LogP contribution is 2.38. The smallest absolute Gasteiger partial charge is 0.215 e. The molecule has 2 rings (SSSR count). The number of benzene rings is 1. The number of carbonyl (C=O) groups excluding carboxylic acids is 1. The molecule has 1 fully saturated rings. The molecule has 152 valence electrons. The van der Waals surface area contributed by atoms with E-state index in [0.717, 1.165) is 47.2 Å². The average Bonchev–Trinajstić information content (AvgIpc) is 2.60. The van der Waals surface area contributed by atoms with Crippen LogP contribution < -0.4 is 4.74 Å². The minimum atomic E-state index is -0.0621. The Bertz CT molecular complexity index is 623. The minimum Gasteiger partial charge on any atom is -0.496 e. The molecule has 0 saturated carbocycles. The Morgan fingerprint density at radius 1 is 1.04 bits per heavy atom. The van der Waals surface area contributed by atoms with E-state index in [9.17, 15) is 4.79 Å². The molecule has 0 N–H and O–H groups in total. The van der Waals surface area contributed by atoms with Crippen LogP contribution in [0.15, 0.2) is 12.1 Å². The van der Waals surface area contributed by atoms with Crippen molar-refractivity contribution in [2.24, 2.45) is 5.41 Å². The van der Waals surface area contributed by atoms with E-state index in [-0.39, 0.29) is 21.6 Å². The maximum atomic E-state index is 13.8. The maximum absolute atomic E-state index is 13.8. The fourth-order valence-corrected chi connectivity index (χ4v) is 6.66. The van der Waals surface area contributed by atoms with Gasteiger partial charge in [-0.05, 0) is 35.1 Å². The van der Waals surface area contributed by atoms with Gasteiger partial charge in [0, 0.05) is 21.9 Å². The van der Waals surface area contributed by atoms with Gasteiger partial charge in [0.05, 0.1) is 20.3 Å². The van der Waals surface area contributed by atoms with Gasteiger partial charge in [0.2, 0.25) is 5.78 Å². The molecule has 4 heteroatoms. The van der Waals surface area contributed by atoms with E-state index in [4.69, 9.17) is 9.47 Å². The molecule has 1 aliphatic heterocycles. The molecule has 1 aromatic carbocycles. The molecule has 0 spiro atoms. The highest BCUT2D eigenvalue weighted by Gasteiger charge is 2.46. The van der Waals surface area contributed by atoms with Crippen molar-refractivity contribution < 1.29 is 14.3 Å². The first-order valence-electron chi connectivity index (χ1n) is 10.1. The standard InChI is InChI=1S/C23H37O3S/c1-15(2)18-13-17(14-19(16(3)4)21(18)25-8)20(24)22(23(5,6)7)27-11-9-26-10-12-27/h13-16,22H,9-12H2,1-8H3/q+1. The Morgan fingerprint density at radius 3 is 1.89 bits per heavy atom. The molecular formula is C23H37O3S+. The van der Waals surface area contributed by atoms with E-state index in [0.29, 0.717) is 17.6 Å². The normalized spacial score (nSPS) is 17.4. The molecule has 1 unspecified atom stereocenters. The van der Waals surface area contributed by atoms with E-state index in [1.807, 2.05) is 0 Å². The molecule has 1 saturated heterocycles. The van der Waals surface area contributed by atoms with Crippen molar-refractivity contribution in [1.82, 2.24) is 0 Å². The molecule has 0 aromatic heterocycles. The Labute approximate surface area is 168 Å². The quantitative estimate of drug-likeness (QED) is 0.493. The fourth-order valence-electron chi connectivity index (χ4n) is 3.88. The molecule has 3 nitrogen and oxygen atoms in total. The summed E-state index contributed by atoms with van der Waals surface area (Å²) in [6, 6.07) is 4.17. The zero-order valence-corrected chi connectivity index (χ0v) is 19.2. The van der Waals surface area contributed by atoms with Gasteiger partial charge >= 0.3 is 0 Å². The van der Waals surface area contributed by atoms with Crippen molar-refractivity contribution in [3.63, 3.8) is 0 Å². The lowest BCUT2D eigenvalue weighted by atomic mass is 9.84. The Hall–Kier alpha value is -1.00. The lowest BCUT2D eigenvalue weighted by Crippen LogP contribution is -2.47. The summed E-state index contributed by atoms with van der Waals surface area (Å²) in [5, 5.41) is 0.0369. The average molecular weight is 394 g/mol. The summed E-state index contributed by atoms with van der Waals surface area (Å²) in [7, 11) is 1.80. The lowest BCUT2D eigenvalue weighted by molar-refractivity contribution is 0.0946. The van der Waals surface area contributed by atoms with Crippen LogP contribution in [0.3, 0.4) is 0 Å². The number of rotatable bonds is 6. The molecular weight excluding hydrogens is 356 g/mol. The van der Waals surface area contributed by atoms with E-state index >= 15 is 0 Å². The number of carbonyl (C=O) groups is 1. The van der Waals surface area contributed by atoms with Crippen LogP contribution in [-0.4, -0.2) is 42.9 Å². The topological polar surface area (TPSA) is 35.5 Å². The van der Waals surface area contributed by atoms with E-state index in [2.05, 4.69) is 60.6 Å². The molecule has 1 aliphatic rings. The molecule has 0 radical (unpaired) electrons. The SMILES string of the molecule is COc1c(C(C)C)cc(C(=O)C([S+]2CCOCC2)C(C)(C)C)cc1C(C)C. The van der Waals surface area contributed by atoms with Crippen molar-refractivity contribution in [3.05, 3.63) is 28.8 Å². The van der Waals surface area contributed by atoms with Gasteiger partial charge in [0.1, 0.15) is 17.3 Å². The Balaban J connectivity index is 2.54. The molecule has 1 aromatic rings. The number of ketones is 1. The van der Waals surface area contributed by atoms with E-state index in [1.54, 1.807) is 7.11 Å². The van der Waals surface area contributed by atoms with Crippen molar-refractivity contribution in [2.45, 2.75) is 65.6 Å². The van der Waals surface area contributed by atoms with E-state index < -0.39 is 0 Å². The number of Topliss-reactive ketones (excluding diaryl/α,β-unsaturated/α-hetero) is 1. The number of methoxy groups -OCH3 is 1. The van der Waals surface area contributed by atoms with Crippen LogP contribution in [0.25, 0.3) is 0 Å². The largest absolute Gasteiger partial charge is 0.496 e. The predicted molar refractivity (Wildman–Crippen MR) is 117 cm³/mol. The van der Waals surface area contributed by atoms with Gasteiger partial charge in [0.25, 0.3) is 0 Å². The van der Waals surface area contributed by atoms with Crippen LogP contribution in [0.4, 0.5) is 0 Å². The summed E-state index contributed by atoms with van der Waals surface area (Å²) < 4.78 is 11.3. The van der Waals surface area contributed by atoms with Crippen LogP contribution in [0.2, 0.25) is 0 Å². The fraction of sp³-hybridized carbons (Fsp3) is 0.696. The first-order valence-corrected chi connectivity index (χ1v) is 11.7. The van der Waals surface area contributed by atoms with Crippen LogP contribution >= 0.6 is 0 Å². The van der Waals surface area contributed by atoms with Gasteiger partial charge in [-0.25, -0.2) is 0 Å². The summed E-state index contributed by atoms with van der Waals surface area (Å²) in [5.74, 6) is 3.85. The molecule has 1 heterocycles. The van der Waals surface area contributed by atoms with E-state index in [1.165, 1.54) is 0 Å². The van der Waals surface area contributed by atoms with Gasteiger partial charge in [-0.15, -0.1) is 0 Å². The zero-order valence-electron chi connectivity index (χ0n) is 18.3. The van der Waals surface area contributed by atoms with Crippen LogP contribution in [-0.2, 0) is 15.6 Å². The second-order valence-corrected chi connectivity index (χ2v) is 11.5. The van der Waals surface area contributed by atoms with Gasteiger partial charge in [-0.1, -0.05) is 48.5 Å². The van der Waals surface area contributed by atoms with Crippen LogP contribution in [0.5, 0.6) is 5.75 Å². The first-order chi connectivity index (χ1) is 12.6. The third-order valence-electron chi connectivity index (χ3n) is 5.22. The number of ether oxygens (including phenoxy) is 2. The minimum absolute atomic E-state index is 0.0369. The van der Waals surface area contributed by atoms with Crippen molar-refractivity contribution in [2.75, 3.05) is 31.8 Å². The summed E-state index contributed by atoms with van der Waals surface area (Å²) in [4.78, 5) is 13.8. The highest BCUT2D eigenvalue weighted by atomic mass is 32.2. The number of hydrogen-bond donors (Lipinski definition) is 0. The molecule has 1 atom stereocenters. The molecule has 0 bridgehead atoms.